The summed E-state index contributed by atoms with van der Waals surface area (Å²) < 4.78 is 6.35. The molecule has 1 aromatic carbocycles. The molecular weight excluding hydrogens is 294 g/mol. The van der Waals surface area contributed by atoms with Crippen LogP contribution < -0.4 is 10.1 Å². The van der Waals surface area contributed by atoms with E-state index in [1.165, 1.54) is 12.8 Å². The van der Waals surface area contributed by atoms with E-state index in [1.807, 2.05) is 13.8 Å². The molecule has 0 radical (unpaired) electrons. The van der Waals surface area contributed by atoms with Gasteiger partial charge in [-0.1, -0.05) is 15.9 Å². The van der Waals surface area contributed by atoms with E-state index in [2.05, 4.69) is 21.2 Å². The Morgan fingerprint density at radius 3 is 2.67 bits per heavy atom. The van der Waals surface area contributed by atoms with Crippen molar-refractivity contribution in [3.8, 4) is 11.5 Å². The molecule has 1 heterocycles. The molecule has 1 aromatic rings. The van der Waals surface area contributed by atoms with E-state index in [1.54, 1.807) is 7.11 Å². The number of nitrogens with one attached hydrogen (secondary N) is 1. The second-order valence-electron chi connectivity index (χ2n) is 4.92. The predicted octanol–water partition coefficient (Wildman–Crippen LogP) is 3.07. The van der Waals surface area contributed by atoms with Crippen LogP contribution in [0.2, 0.25) is 0 Å². The molecule has 4 heteroatoms. The fraction of sp³-hybridized carbons (Fsp3) is 0.571. The molecule has 1 fully saturated rings. The average molecular weight is 314 g/mol. The first-order valence-corrected chi connectivity index (χ1v) is 7.13. The molecule has 2 N–H and O–H groups in total. The number of phenolic OH excluding ortho intramolecular Hbond substituents is 1. The van der Waals surface area contributed by atoms with E-state index in [-0.39, 0.29) is 0 Å². The highest BCUT2D eigenvalue weighted by Crippen LogP contribution is 2.41. The van der Waals surface area contributed by atoms with E-state index < -0.39 is 0 Å². The van der Waals surface area contributed by atoms with Gasteiger partial charge in [-0.25, -0.2) is 0 Å². The van der Waals surface area contributed by atoms with Gasteiger partial charge in [0.25, 0.3) is 0 Å². The lowest BCUT2D eigenvalue weighted by Crippen LogP contribution is -2.24. The van der Waals surface area contributed by atoms with Gasteiger partial charge in [-0.3, -0.25) is 0 Å². The van der Waals surface area contributed by atoms with Gasteiger partial charge < -0.3 is 15.2 Å². The lowest BCUT2D eigenvalue weighted by atomic mass is 9.96. The quantitative estimate of drug-likeness (QED) is 0.901. The number of phenols is 1. The van der Waals surface area contributed by atoms with Crippen LogP contribution in [0.5, 0.6) is 11.5 Å². The van der Waals surface area contributed by atoms with Gasteiger partial charge in [0.1, 0.15) is 0 Å². The van der Waals surface area contributed by atoms with E-state index >= 15 is 0 Å². The summed E-state index contributed by atoms with van der Waals surface area (Å²) in [4.78, 5) is 0. The molecule has 100 valence electrons. The van der Waals surface area contributed by atoms with E-state index in [4.69, 9.17) is 4.74 Å². The van der Waals surface area contributed by atoms with Crippen molar-refractivity contribution < 1.29 is 9.84 Å². The predicted molar refractivity (Wildman–Crippen MR) is 76.6 cm³/mol. The number of halogens is 1. The Balaban J connectivity index is 2.41. The minimum atomic E-state index is 0.296. The van der Waals surface area contributed by atoms with Gasteiger partial charge in [0.05, 0.1) is 7.11 Å². The maximum Gasteiger partial charge on any atom is 0.164 e. The first-order chi connectivity index (χ1) is 8.56. The van der Waals surface area contributed by atoms with Gasteiger partial charge in [-0.2, -0.15) is 0 Å². The van der Waals surface area contributed by atoms with Crippen LogP contribution in [0.25, 0.3) is 0 Å². The average Bonchev–Trinajstić information content (AvgIpc) is 2.86. The highest BCUT2D eigenvalue weighted by molar-refractivity contribution is 9.10. The topological polar surface area (TPSA) is 41.5 Å². The normalized spacial score (nSPS) is 19.2. The SMILES string of the molecule is COc1c(C)c(Br)c(C)c(CC2CCCN2)c1O. The molecule has 0 aromatic heterocycles. The van der Waals surface area contributed by atoms with Crippen LogP contribution in [-0.2, 0) is 6.42 Å². The highest BCUT2D eigenvalue weighted by Gasteiger charge is 2.22. The van der Waals surface area contributed by atoms with Gasteiger partial charge in [0.2, 0.25) is 0 Å². The summed E-state index contributed by atoms with van der Waals surface area (Å²) in [5, 5.41) is 13.8. The maximum atomic E-state index is 10.4. The summed E-state index contributed by atoms with van der Waals surface area (Å²) in [6.45, 7) is 5.07. The van der Waals surface area contributed by atoms with E-state index in [9.17, 15) is 5.11 Å². The number of hydrogen-bond acceptors (Lipinski definition) is 3. The summed E-state index contributed by atoms with van der Waals surface area (Å²) in [5.41, 5.74) is 3.05. The van der Waals surface area contributed by atoms with Crippen molar-refractivity contribution in [2.24, 2.45) is 0 Å². The van der Waals surface area contributed by atoms with Crippen LogP contribution in [0.3, 0.4) is 0 Å². The van der Waals surface area contributed by atoms with E-state index in [0.717, 1.165) is 34.1 Å². The molecule has 0 spiro atoms. The van der Waals surface area contributed by atoms with Gasteiger partial charge in [-0.05, 0) is 45.2 Å². The van der Waals surface area contributed by atoms with Gasteiger partial charge in [0.15, 0.2) is 11.5 Å². The number of hydrogen-bond donors (Lipinski definition) is 2. The molecule has 18 heavy (non-hydrogen) atoms. The molecule has 1 aliphatic rings. The standard InChI is InChI=1S/C14H20BrNO2/c1-8-11(7-10-5-4-6-16-10)13(17)14(18-3)9(2)12(8)15/h10,16-17H,4-7H2,1-3H3. The minimum Gasteiger partial charge on any atom is -0.504 e. The molecule has 2 rings (SSSR count). The third-order valence-corrected chi connectivity index (χ3v) is 4.96. The zero-order chi connectivity index (χ0) is 13.3. The Hall–Kier alpha value is -0.740. The molecular formula is C14H20BrNO2. The van der Waals surface area contributed by atoms with E-state index in [0.29, 0.717) is 17.5 Å². The van der Waals surface area contributed by atoms with Crippen LogP contribution in [0.4, 0.5) is 0 Å². The summed E-state index contributed by atoms with van der Waals surface area (Å²) in [6.07, 6.45) is 3.24. The van der Waals surface area contributed by atoms with Crippen LogP contribution in [0.15, 0.2) is 4.47 Å². The van der Waals surface area contributed by atoms with Crippen molar-refractivity contribution in [2.75, 3.05) is 13.7 Å². The number of benzene rings is 1. The number of ether oxygens (including phenoxy) is 1. The van der Waals surface area contributed by atoms with Crippen LogP contribution in [-0.4, -0.2) is 24.8 Å². The molecule has 0 amide bonds. The fourth-order valence-corrected chi connectivity index (χ4v) is 3.10. The third kappa shape index (κ3) is 2.36. The molecule has 1 unspecified atom stereocenters. The minimum absolute atomic E-state index is 0.296. The number of methoxy groups -OCH3 is 1. The van der Waals surface area contributed by atoms with Crippen LogP contribution in [0, 0.1) is 13.8 Å². The Morgan fingerprint density at radius 2 is 2.11 bits per heavy atom. The Labute approximate surface area is 117 Å². The fourth-order valence-electron chi connectivity index (χ4n) is 2.68. The Morgan fingerprint density at radius 1 is 1.39 bits per heavy atom. The summed E-state index contributed by atoms with van der Waals surface area (Å²) in [6, 6.07) is 0.467. The second-order valence-corrected chi connectivity index (χ2v) is 5.71. The lowest BCUT2D eigenvalue weighted by molar-refractivity contribution is 0.366. The maximum absolute atomic E-state index is 10.4. The van der Waals surface area contributed by atoms with Crippen molar-refractivity contribution >= 4 is 15.9 Å². The Bertz CT molecular complexity index is 454. The first kappa shape index (κ1) is 13.7. The second kappa shape index (κ2) is 5.49. The highest BCUT2D eigenvalue weighted by atomic mass is 79.9. The van der Waals surface area contributed by atoms with Gasteiger partial charge >= 0.3 is 0 Å². The molecule has 1 saturated heterocycles. The summed E-state index contributed by atoms with van der Waals surface area (Å²) in [7, 11) is 1.60. The molecule has 3 nitrogen and oxygen atoms in total. The van der Waals surface area contributed by atoms with Crippen LogP contribution in [0.1, 0.15) is 29.5 Å². The Kier molecular flexibility index (Phi) is 4.17. The van der Waals surface area contributed by atoms with Crippen molar-refractivity contribution in [2.45, 2.75) is 39.2 Å². The zero-order valence-electron chi connectivity index (χ0n) is 11.1. The van der Waals surface area contributed by atoms with Crippen molar-refractivity contribution in [3.05, 3.63) is 21.2 Å². The molecule has 1 aliphatic heterocycles. The first-order valence-electron chi connectivity index (χ1n) is 6.34. The van der Waals surface area contributed by atoms with Crippen molar-refractivity contribution in [3.63, 3.8) is 0 Å². The monoisotopic (exact) mass is 313 g/mol. The lowest BCUT2D eigenvalue weighted by Gasteiger charge is -2.19. The van der Waals surface area contributed by atoms with Gasteiger partial charge in [-0.15, -0.1) is 0 Å². The zero-order valence-corrected chi connectivity index (χ0v) is 12.7. The number of aromatic hydroxyl groups is 1. The van der Waals surface area contributed by atoms with Crippen molar-refractivity contribution in [1.82, 2.24) is 5.32 Å². The van der Waals surface area contributed by atoms with Crippen LogP contribution >= 0.6 is 15.9 Å². The molecule has 1 atom stereocenters. The smallest absolute Gasteiger partial charge is 0.164 e. The summed E-state index contributed by atoms with van der Waals surface area (Å²) in [5.74, 6) is 0.880. The molecule has 0 aliphatic carbocycles. The molecule has 0 saturated carbocycles. The number of rotatable bonds is 3. The summed E-state index contributed by atoms with van der Waals surface area (Å²) >= 11 is 3.59. The largest absolute Gasteiger partial charge is 0.504 e. The van der Waals surface area contributed by atoms with Crippen molar-refractivity contribution in [1.29, 1.82) is 0 Å². The van der Waals surface area contributed by atoms with Gasteiger partial charge in [0, 0.05) is 21.6 Å². The molecule has 0 bridgehead atoms. The third-order valence-electron chi connectivity index (χ3n) is 3.77.